The number of unbranched alkanes of at least 4 members (excludes halogenated alkanes) is 1. The van der Waals surface area contributed by atoms with Crippen molar-refractivity contribution < 1.29 is 66.6 Å². The molecule has 0 saturated carbocycles. The molecule has 2 aromatic heterocycles. The van der Waals surface area contributed by atoms with Gasteiger partial charge in [0.1, 0.15) is 47.9 Å². The lowest BCUT2D eigenvalue weighted by atomic mass is 9.97. The highest BCUT2D eigenvalue weighted by molar-refractivity contribution is 7.98. The summed E-state index contributed by atoms with van der Waals surface area (Å²) in [6, 6.07) is 18.2. The summed E-state index contributed by atoms with van der Waals surface area (Å²) in [5.41, 5.74) is 16.8. The molecule has 5 aromatic carbocycles. The van der Waals surface area contributed by atoms with Crippen molar-refractivity contribution in [1.82, 2.24) is 57.1 Å². The fourth-order valence-corrected chi connectivity index (χ4v) is 15.1. The number of nitrogens with two attached hydrogens (primary N) is 2. The molecular weight excluding hydrogens is 1370 g/mol. The van der Waals surface area contributed by atoms with Crippen molar-refractivity contribution in [2.24, 2.45) is 17.4 Å². The molecule has 14 N–H and O–H groups in total. The van der Waals surface area contributed by atoms with E-state index < -0.39 is 144 Å². The molecule has 0 radical (unpaired) electrons. The average molecular weight is 1450 g/mol. The maximum atomic E-state index is 15.3. The van der Waals surface area contributed by atoms with E-state index in [0.29, 0.717) is 87.5 Å². The predicted molar refractivity (Wildman–Crippen MR) is 385 cm³/mol. The number of benzene rings is 5. The summed E-state index contributed by atoms with van der Waals surface area (Å²) in [5.74, 6) is -10.4. The Morgan fingerprint density at radius 2 is 1.35 bits per heavy atom. The van der Waals surface area contributed by atoms with Crippen LogP contribution in [0.4, 0.5) is 8.78 Å². The third kappa shape index (κ3) is 21.0. The maximum Gasteiger partial charge on any atom is 0.305 e. The molecule has 542 valence electrons. The number of nitrogens with one attached hydrogen (secondary N) is 9. The van der Waals surface area contributed by atoms with E-state index in [1.54, 1.807) is 18.2 Å². The maximum absolute atomic E-state index is 15.3. The van der Waals surface area contributed by atoms with Gasteiger partial charge in [-0.05, 0) is 125 Å². The first-order chi connectivity index (χ1) is 49.6. The van der Waals surface area contributed by atoms with Crippen LogP contribution in [0.2, 0.25) is 0 Å². The van der Waals surface area contributed by atoms with Gasteiger partial charge in [0, 0.05) is 97.1 Å². The lowest BCUT2D eigenvalue weighted by molar-refractivity contribution is -0.142. The number of hydrogen-bond donors (Lipinski definition) is 12. The summed E-state index contributed by atoms with van der Waals surface area (Å²) < 4.78 is 29.9. The van der Waals surface area contributed by atoms with Crippen LogP contribution in [-0.4, -0.2) is 163 Å². The second kappa shape index (κ2) is 36.1. The number of rotatable bonds is 15. The highest BCUT2D eigenvalue weighted by atomic mass is 32.2. The Morgan fingerprint density at radius 3 is 2.09 bits per heavy atom. The van der Waals surface area contributed by atoms with Crippen LogP contribution < -0.4 is 48.7 Å². The standard InChI is InChI=1S/C74H83F2N13O12S2/c75-51-18-17-46-15-16-48(54(46)31-51)28-59-71(98)87-61(34-67(93)94)73(100)86-60(33-53-36-79-41-82-53)72(99)88-62(27-42-13-14-45-9-1-2-10-47(45)26-42)74(101)89-23-6-12-63(89)64(90)30-50(68(78)95)40-103-39-44-8-5-7-43(25-44)38-102-24-21-65(91)83-57(11-3-4-22-77)69(96)81-37-66(92)84-58(70(97)85-59)29-49-35-80-56-20-19-52(76)32-55(49)56/h1-2,5,7-10,13-14,16-20,25-26,31-32,35-36,41,50,57-63,80H,3-4,6,11-12,15,21-24,27-30,33-34,37-40,77H2,(H2,78,95)(H,79,82)(H,81,96)(H,83,91)(H,84,92)(H,85,97)(H,86,100)(H,87,98)(H,88,99)(H,93,94)/t50-,57-,58-,59-,60-,61-,62-,63-/m0/s1. The predicted octanol–water partition coefficient (Wildman–Crippen LogP) is 4.63. The number of fused-ring (bicyclic) bond motifs is 6. The molecule has 0 unspecified atom stereocenters. The molecule has 9 amide bonds. The fourth-order valence-electron chi connectivity index (χ4n) is 13.1. The number of ketones is 1. The molecule has 4 heterocycles. The number of hydrogen-bond acceptors (Lipinski definition) is 15. The molecule has 8 atom stereocenters. The van der Waals surface area contributed by atoms with Gasteiger partial charge in [-0.1, -0.05) is 78.9 Å². The van der Waals surface area contributed by atoms with Crippen molar-refractivity contribution in [3.8, 4) is 0 Å². The van der Waals surface area contributed by atoms with E-state index in [1.807, 2.05) is 60.7 Å². The van der Waals surface area contributed by atoms with E-state index in [4.69, 9.17) is 11.5 Å². The van der Waals surface area contributed by atoms with Crippen molar-refractivity contribution in [2.75, 3.05) is 31.1 Å². The third-order valence-electron chi connectivity index (χ3n) is 18.4. The fraction of sp³-hybridized carbons (Fsp3) is 0.378. The summed E-state index contributed by atoms with van der Waals surface area (Å²) in [6.07, 6.45) is 5.37. The number of primary amides is 1. The highest BCUT2D eigenvalue weighted by Crippen LogP contribution is 2.33. The number of carboxylic acid groups (broad SMARTS) is 1. The normalized spacial score (nSPS) is 22.3. The molecule has 1 fully saturated rings. The number of carbonyl (C=O) groups is 11. The number of aromatic nitrogens is 3. The number of carbonyl (C=O) groups excluding carboxylic acids is 10. The van der Waals surface area contributed by atoms with E-state index in [0.717, 1.165) is 21.9 Å². The van der Waals surface area contributed by atoms with Gasteiger partial charge in [0.15, 0.2) is 5.78 Å². The molecule has 25 nitrogen and oxygen atoms in total. The molecule has 10 rings (SSSR count). The van der Waals surface area contributed by atoms with Crippen molar-refractivity contribution in [1.29, 1.82) is 0 Å². The van der Waals surface area contributed by atoms with E-state index in [9.17, 15) is 43.1 Å². The Morgan fingerprint density at radius 1 is 0.660 bits per heavy atom. The van der Waals surface area contributed by atoms with Crippen molar-refractivity contribution in [3.63, 3.8) is 0 Å². The summed E-state index contributed by atoms with van der Waals surface area (Å²) >= 11 is 2.89. The van der Waals surface area contributed by atoms with Gasteiger partial charge in [0.05, 0.1) is 31.3 Å². The number of nitrogens with zero attached hydrogens (tertiary/aromatic N) is 2. The smallest absolute Gasteiger partial charge is 0.305 e. The minimum atomic E-state index is -2.01. The summed E-state index contributed by atoms with van der Waals surface area (Å²) in [7, 11) is 0. The number of aliphatic carboxylic acids is 1. The average Bonchev–Trinajstić information content (AvgIpc) is 1.74. The zero-order chi connectivity index (χ0) is 73.1. The van der Waals surface area contributed by atoms with Gasteiger partial charge in [-0.25, -0.2) is 13.8 Å². The molecule has 2 aliphatic heterocycles. The van der Waals surface area contributed by atoms with Crippen LogP contribution in [0.5, 0.6) is 0 Å². The van der Waals surface area contributed by atoms with Crippen molar-refractivity contribution in [2.45, 2.75) is 137 Å². The molecule has 1 saturated heterocycles. The number of allylic oxidation sites excluding steroid dienone is 1. The van der Waals surface area contributed by atoms with Gasteiger partial charge in [-0.15, -0.1) is 0 Å². The van der Waals surface area contributed by atoms with Crippen molar-refractivity contribution >= 4 is 116 Å². The Kier molecular flexibility index (Phi) is 26.4. The van der Waals surface area contributed by atoms with Crippen molar-refractivity contribution in [3.05, 3.63) is 179 Å². The first kappa shape index (κ1) is 75.4. The van der Waals surface area contributed by atoms with Crippen LogP contribution in [0.25, 0.3) is 27.2 Å². The Bertz CT molecular complexity index is 4330. The van der Waals surface area contributed by atoms with Gasteiger partial charge >= 0.3 is 5.97 Å². The number of amides is 9. The van der Waals surface area contributed by atoms with Gasteiger partial charge in [0.2, 0.25) is 53.2 Å². The summed E-state index contributed by atoms with van der Waals surface area (Å²) in [6.45, 7) is -0.309. The number of aromatic amines is 2. The molecule has 2 bridgehead atoms. The Balaban J connectivity index is 0.980. The Hall–Kier alpha value is -10.3. The number of carboxylic acids is 1. The number of imidazole rings is 1. The number of halogens is 2. The molecular formula is C74H83F2N13O12S2. The molecule has 1 aliphatic carbocycles. The number of Topliss-reactive ketones (excluding diaryl/α,β-unsaturated/α-hetero) is 1. The first-order valence-corrected chi connectivity index (χ1v) is 36.5. The van der Waals surface area contributed by atoms with Crippen LogP contribution in [-0.2, 0) is 89.9 Å². The van der Waals surface area contributed by atoms with E-state index in [2.05, 4.69) is 52.2 Å². The zero-order valence-corrected chi connectivity index (χ0v) is 58.1. The van der Waals surface area contributed by atoms with E-state index >= 15 is 23.6 Å². The summed E-state index contributed by atoms with van der Waals surface area (Å²) in [4.78, 5) is 169. The molecule has 29 heteroatoms. The van der Waals surface area contributed by atoms with Crippen LogP contribution in [0.1, 0.15) is 96.9 Å². The minimum absolute atomic E-state index is 0.0264. The number of H-pyrrole nitrogens is 2. The lowest BCUT2D eigenvalue weighted by Gasteiger charge is -2.31. The largest absolute Gasteiger partial charge is 0.481 e. The third-order valence-corrected chi connectivity index (χ3v) is 20.6. The monoisotopic (exact) mass is 1450 g/mol. The SMILES string of the molecule is NCCCC[C@@H]1NC(=O)CCSCc2cccc(c2)CSC[C@@H](C(N)=O)CC(=O)[C@@H]2CCCN2C(=O)[C@H](Cc2ccc3ccccc3c2)NC(=O)[C@H](Cc2cnc[nH]2)NC(=O)[C@H](CC(=O)O)NC(=O)[C@H](CC2=CCc3ccc(F)cc32)NC(=O)[C@H](Cc2c[nH]c3ccc(F)cc23)NC(=O)CNC1=O. The molecule has 7 aromatic rings. The first-order valence-electron chi connectivity index (χ1n) is 34.2. The lowest BCUT2D eigenvalue weighted by Crippen LogP contribution is -2.60. The zero-order valence-electron chi connectivity index (χ0n) is 56.4. The molecule has 3 aliphatic rings. The number of thioether (sulfide) groups is 2. The van der Waals surface area contributed by atoms with Crippen LogP contribution in [0.15, 0.2) is 128 Å². The molecule has 0 spiro atoms. The van der Waals surface area contributed by atoms with Gasteiger partial charge in [-0.3, -0.25) is 52.7 Å². The quantitative estimate of drug-likeness (QED) is 0.0623. The van der Waals surface area contributed by atoms with Gasteiger partial charge in [0.25, 0.3) is 0 Å². The topological polar surface area (TPSA) is 392 Å². The van der Waals surface area contributed by atoms with Gasteiger partial charge in [-0.2, -0.15) is 23.5 Å². The summed E-state index contributed by atoms with van der Waals surface area (Å²) in [5, 5.41) is 31.0. The molecule has 103 heavy (non-hydrogen) atoms. The minimum Gasteiger partial charge on any atom is -0.481 e. The Labute approximate surface area is 600 Å². The van der Waals surface area contributed by atoms with E-state index in [1.165, 1.54) is 77.5 Å². The van der Waals surface area contributed by atoms with Crippen LogP contribution in [0, 0.1) is 17.6 Å². The van der Waals surface area contributed by atoms with Gasteiger partial charge < -0.3 is 68.7 Å². The van der Waals surface area contributed by atoms with E-state index in [-0.39, 0.29) is 63.7 Å². The second-order valence-electron chi connectivity index (χ2n) is 26.0. The van der Waals surface area contributed by atoms with Crippen LogP contribution in [0.3, 0.4) is 0 Å². The second-order valence-corrected chi connectivity index (χ2v) is 28.1. The van der Waals surface area contributed by atoms with Crippen LogP contribution >= 0.6 is 23.5 Å². The highest BCUT2D eigenvalue weighted by Gasteiger charge is 2.41.